The Morgan fingerprint density at radius 2 is 2.00 bits per heavy atom. The van der Waals surface area contributed by atoms with Crippen LogP contribution in [0.1, 0.15) is 30.8 Å². The number of aromatic nitrogens is 1. The van der Waals surface area contributed by atoms with Gasteiger partial charge >= 0.3 is 5.97 Å². The predicted octanol–water partition coefficient (Wildman–Crippen LogP) is 2.81. The third-order valence-corrected chi connectivity index (χ3v) is 4.73. The van der Waals surface area contributed by atoms with Crippen LogP contribution in [0.3, 0.4) is 0 Å². The maximum atomic E-state index is 12.3. The average molecular weight is 376 g/mol. The lowest BCUT2D eigenvalue weighted by molar-refractivity contribution is -0.139. The van der Waals surface area contributed by atoms with Crippen molar-refractivity contribution in [3.05, 3.63) is 29.3 Å². The quantitative estimate of drug-likeness (QED) is 0.805. The normalized spacial score (nSPS) is 14.1. The van der Waals surface area contributed by atoms with Crippen LogP contribution in [0.5, 0.6) is 11.5 Å². The fourth-order valence-electron chi connectivity index (χ4n) is 2.61. The molecule has 2 N–H and O–H groups in total. The van der Waals surface area contributed by atoms with Crippen LogP contribution in [0.25, 0.3) is 10.6 Å². The summed E-state index contributed by atoms with van der Waals surface area (Å²) in [5.74, 6) is -0.0436. The average Bonchev–Trinajstić information content (AvgIpc) is 3.10. The van der Waals surface area contributed by atoms with E-state index in [9.17, 15) is 14.7 Å². The predicted molar refractivity (Wildman–Crippen MR) is 96.9 cm³/mol. The molecule has 0 fully saturated rings. The summed E-state index contributed by atoms with van der Waals surface area (Å²) < 4.78 is 11.1. The zero-order valence-corrected chi connectivity index (χ0v) is 15.3. The Morgan fingerprint density at radius 1 is 1.27 bits per heavy atom. The van der Waals surface area contributed by atoms with Gasteiger partial charge in [0, 0.05) is 10.9 Å². The van der Waals surface area contributed by atoms with Crippen LogP contribution in [0.15, 0.2) is 23.6 Å². The van der Waals surface area contributed by atoms with Crippen molar-refractivity contribution < 1.29 is 24.2 Å². The van der Waals surface area contributed by atoms with Gasteiger partial charge in [-0.05, 0) is 30.5 Å². The standard InChI is InChI=1S/C18H20N2O5S/c1-10(2)7-12(18(22)23)19-16(21)13-9-26-17(20-13)11-3-4-14-15(8-11)25-6-5-24-14/h3-4,8-10,12H,5-7H2,1-2H3,(H,19,21)(H,22,23)/t12-/m0/s1. The molecule has 2 heterocycles. The number of aliphatic carboxylic acids is 1. The highest BCUT2D eigenvalue weighted by atomic mass is 32.1. The lowest BCUT2D eigenvalue weighted by Gasteiger charge is -2.18. The highest BCUT2D eigenvalue weighted by Crippen LogP contribution is 2.35. The van der Waals surface area contributed by atoms with Crippen molar-refractivity contribution in [2.75, 3.05) is 13.2 Å². The van der Waals surface area contributed by atoms with E-state index in [2.05, 4.69) is 10.3 Å². The molecule has 0 bridgehead atoms. The molecule has 3 rings (SSSR count). The minimum absolute atomic E-state index is 0.153. The van der Waals surface area contributed by atoms with Gasteiger partial charge in [0.05, 0.1) is 0 Å². The van der Waals surface area contributed by atoms with Crippen LogP contribution in [0, 0.1) is 5.92 Å². The van der Waals surface area contributed by atoms with E-state index >= 15 is 0 Å². The molecule has 1 aromatic heterocycles. The van der Waals surface area contributed by atoms with Gasteiger partial charge in [-0.3, -0.25) is 4.79 Å². The van der Waals surface area contributed by atoms with Crippen molar-refractivity contribution >= 4 is 23.2 Å². The number of carbonyl (C=O) groups is 2. The molecule has 0 saturated heterocycles. The number of hydrogen-bond donors (Lipinski definition) is 2. The zero-order chi connectivity index (χ0) is 18.7. The molecule has 0 aliphatic carbocycles. The van der Waals surface area contributed by atoms with Gasteiger partial charge in [0.25, 0.3) is 5.91 Å². The Bertz CT molecular complexity index is 818. The second-order valence-electron chi connectivity index (χ2n) is 6.39. The Morgan fingerprint density at radius 3 is 2.69 bits per heavy atom. The molecule has 0 saturated carbocycles. The second-order valence-corrected chi connectivity index (χ2v) is 7.25. The van der Waals surface area contributed by atoms with Gasteiger partial charge in [0.15, 0.2) is 11.5 Å². The molecule has 7 nitrogen and oxygen atoms in total. The summed E-state index contributed by atoms with van der Waals surface area (Å²) in [5.41, 5.74) is 1.02. The van der Waals surface area contributed by atoms with Crippen LogP contribution in [0.4, 0.5) is 0 Å². The van der Waals surface area contributed by atoms with E-state index < -0.39 is 17.9 Å². The molecule has 0 spiro atoms. The van der Waals surface area contributed by atoms with Gasteiger partial charge in [0.2, 0.25) is 0 Å². The summed E-state index contributed by atoms with van der Waals surface area (Å²) >= 11 is 1.32. The minimum atomic E-state index is -1.05. The number of benzene rings is 1. The monoisotopic (exact) mass is 376 g/mol. The van der Waals surface area contributed by atoms with Gasteiger partial charge < -0.3 is 19.9 Å². The SMILES string of the molecule is CC(C)C[C@H](NC(=O)c1csc(-c2ccc3c(c2)OCCO3)n1)C(=O)O. The van der Waals surface area contributed by atoms with Crippen molar-refractivity contribution in [3.63, 3.8) is 0 Å². The number of rotatable bonds is 6. The van der Waals surface area contributed by atoms with E-state index in [-0.39, 0.29) is 11.6 Å². The molecule has 1 aromatic carbocycles. The molecule has 1 aliphatic heterocycles. The summed E-state index contributed by atoms with van der Waals surface area (Å²) in [4.78, 5) is 28.0. The van der Waals surface area contributed by atoms with Gasteiger partial charge in [-0.1, -0.05) is 13.8 Å². The van der Waals surface area contributed by atoms with Crippen LogP contribution >= 0.6 is 11.3 Å². The summed E-state index contributed by atoms with van der Waals surface area (Å²) in [5, 5.41) is 14.1. The third-order valence-electron chi connectivity index (χ3n) is 3.84. The third kappa shape index (κ3) is 4.13. The zero-order valence-electron chi connectivity index (χ0n) is 14.5. The lowest BCUT2D eigenvalue weighted by atomic mass is 10.0. The number of carbonyl (C=O) groups excluding carboxylic acids is 1. The summed E-state index contributed by atoms with van der Waals surface area (Å²) in [6.45, 7) is 4.83. The summed E-state index contributed by atoms with van der Waals surface area (Å²) in [6.07, 6.45) is 0.361. The Kier molecular flexibility index (Phi) is 5.41. The first kappa shape index (κ1) is 18.2. The maximum absolute atomic E-state index is 12.3. The maximum Gasteiger partial charge on any atom is 0.326 e. The number of amides is 1. The molecule has 2 aromatic rings. The molecule has 8 heteroatoms. The van der Waals surface area contributed by atoms with Gasteiger partial charge in [-0.15, -0.1) is 11.3 Å². The Labute approximate surface area is 155 Å². The molecule has 0 radical (unpaired) electrons. The first-order valence-electron chi connectivity index (χ1n) is 8.33. The number of hydrogen-bond acceptors (Lipinski definition) is 6. The molecule has 0 unspecified atom stereocenters. The van der Waals surface area contributed by atoms with E-state index in [1.807, 2.05) is 32.0 Å². The minimum Gasteiger partial charge on any atom is -0.486 e. The van der Waals surface area contributed by atoms with Crippen LogP contribution < -0.4 is 14.8 Å². The molecular weight excluding hydrogens is 356 g/mol. The number of carboxylic acid groups (broad SMARTS) is 1. The largest absolute Gasteiger partial charge is 0.486 e. The van der Waals surface area contributed by atoms with Crippen LogP contribution in [-0.4, -0.2) is 41.2 Å². The fraction of sp³-hybridized carbons (Fsp3) is 0.389. The molecule has 138 valence electrons. The fourth-order valence-corrected chi connectivity index (χ4v) is 3.41. The van der Waals surface area contributed by atoms with E-state index in [1.165, 1.54) is 11.3 Å². The van der Waals surface area contributed by atoms with Gasteiger partial charge in [-0.2, -0.15) is 0 Å². The van der Waals surface area contributed by atoms with E-state index in [0.29, 0.717) is 36.1 Å². The number of ether oxygens (including phenoxy) is 2. The van der Waals surface area contributed by atoms with Crippen molar-refractivity contribution in [1.29, 1.82) is 0 Å². The van der Waals surface area contributed by atoms with E-state index in [0.717, 1.165) is 5.56 Å². The first-order chi connectivity index (χ1) is 12.4. The summed E-state index contributed by atoms with van der Waals surface area (Å²) in [7, 11) is 0. The van der Waals surface area contributed by atoms with Crippen LogP contribution in [-0.2, 0) is 4.79 Å². The van der Waals surface area contributed by atoms with Crippen molar-refractivity contribution in [2.24, 2.45) is 5.92 Å². The van der Waals surface area contributed by atoms with Crippen molar-refractivity contribution in [2.45, 2.75) is 26.3 Å². The van der Waals surface area contributed by atoms with Gasteiger partial charge in [-0.25, -0.2) is 9.78 Å². The van der Waals surface area contributed by atoms with Gasteiger partial charge in [0.1, 0.15) is 30.0 Å². The summed E-state index contributed by atoms with van der Waals surface area (Å²) in [6, 6.07) is 4.57. The van der Waals surface area contributed by atoms with E-state index in [1.54, 1.807) is 5.38 Å². The highest BCUT2D eigenvalue weighted by molar-refractivity contribution is 7.13. The van der Waals surface area contributed by atoms with Crippen molar-refractivity contribution in [1.82, 2.24) is 10.3 Å². The highest BCUT2D eigenvalue weighted by Gasteiger charge is 2.23. The number of nitrogens with one attached hydrogen (secondary N) is 1. The Hall–Kier alpha value is -2.61. The van der Waals surface area contributed by atoms with Crippen LogP contribution in [0.2, 0.25) is 0 Å². The molecule has 1 atom stereocenters. The molecule has 26 heavy (non-hydrogen) atoms. The number of thiazole rings is 1. The van der Waals surface area contributed by atoms with E-state index in [4.69, 9.17) is 9.47 Å². The molecule has 1 amide bonds. The number of fused-ring (bicyclic) bond motifs is 1. The van der Waals surface area contributed by atoms with Crippen molar-refractivity contribution in [3.8, 4) is 22.1 Å². The topological polar surface area (TPSA) is 97.8 Å². The Balaban J connectivity index is 1.74. The molecular formula is C18H20N2O5S. The second kappa shape index (κ2) is 7.74. The first-order valence-corrected chi connectivity index (χ1v) is 9.21. The smallest absolute Gasteiger partial charge is 0.326 e. The number of nitrogens with zero attached hydrogens (tertiary/aromatic N) is 1. The number of carboxylic acids is 1. The lowest BCUT2D eigenvalue weighted by Crippen LogP contribution is -2.41. The molecule has 1 aliphatic rings.